The Morgan fingerprint density at radius 2 is 1.78 bits per heavy atom. The maximum absolute atomic E-state index is 12.1. The fourth-order valence-electron chi connectivity index (χ4n) is 1.77. The van der Waals surface area contributed by atoms with Gasteiger partial charge in [-0.05, 0) is 57.6 Å². The van der Waals surface area contributed by atoms with Crippen molar-refractivity contribution in [2.75, 3.05) is 20.1 Å². The van der Waals surface area contributed by atoms with E-state index in [0.717, 1.165) is 13.0 Å². The Balaban J connectivity index is 0.00000484. The minimum atomic E-state index is -3.53. The summed E-state index contributed by atoms with van der Waals surface area (Å²) in [4.78, 5) is 12.1. The molecule has 132 valence electrons. The van der Waals surface area contributed by atoms with Gasteiger partial charge in [0.15, 0.2) is 0 Å². The Bertz CT molecular complexity index is 576. The highest BCUT2D eigenvalue weighted by Crippen LogP contribution is 2.11. The molecule has 0 saturated carbocycles. The number of nitrogens with one attached hydrogen (secondary N) is 3. The molecule has 0 aliphatic heterocycles. The van der Waals surface area contributed by atoms with Gasteiger partial charge in [-0.2, -0.15) is 0 Å². The number of benzene rings is 1. The Hall–Kier alpha value is -1.15. The molecule has 0 heterocycles. The molecule has 1 aromatic rings. The van der Waals surface area contributed by atoms with Gasteiger partial charge in [-0.15, -0.1) is 12.4 Å². The summed E-state index contributed by atoms with van der Waals surface area (Å²) in [5.74, 6) is -0.199. The van der Waals surface area contributed by atoms with Crippen LogP contribution in [0.25, 0.3) is 0 Å². The number of sulfonamides is 1. The van der Waals surface area contributed by atoms with E-state index in [1.54, 1.807) is 0 Å². The van der Waals surface area contributed by atoms with Crippen LogP contribution in [0.5, 0.6) is 0 Å². The van der Waals surface area contributed by atoms with E-state index in [-0.39, 0.29) is 29.3 Å². The molecule has 6 nitrogen and oxygen atoms in total. The standard InChI is InChI=1S/C15H25N3O3S.ClH/c1-4-12(2)18-22(20,21)14-8-6-13(7-9-14)15(19)17-11-5-10-16-3;/h6-9,12,16,18H,4-5,10-11H2,1-3H3,(H,17,19);1H. The first-order chi connectivity index (χ1) is 10.4. The van der Waals surface area contributed by atoms with Crippen molar-refractivity contribution in [1.29, 1.82) is 0 Å². The van der Waals surface area contributed by atoms with Crippen molar-refractivity contribution in [2.45, 2.75) is 37.6 Å². The Morgan fingerprint density at radius 3 is 2.30 bits per heavy atom. The molecule has 1 atom stereocenters. The summed E-state index contributed by atoms with van der Waals surface area (Å²) in [6.07, 6.45) is 1.56. The van der Waals surface area contributed by atoms with Crippen molar-refractivity contribution in [1.82, 2.24) is 15.4 Å². The van der Waals surface area contributed by atoms with Crippen LogP contribution in [-0.2, 0) is 10.0 Å². The molecular weight excluding hydrogens is 338 g/mol. The third-order valence-electron chi connectivity index (χ3n) is 3.28. The van der Waals surface area contributed by atoms with Gasteiger partial charge in [0, 0.05) is 18.2 Å². The molecule has 23 heavy (non-hydrogen) atoms. The molecule has 1 aromatic carbocycles. The first-order valence-corrected chi connectivity index (χ1v) is 8.94. The van der Waals surface area contributed by atoms with Crippen LogP contribution >= 0.6 is 12.4 Å². The second kappa shape index (κ2) is 10.6. The zero-order valence-electron chi connectivity index (χ0n) is 13.8. The van der Waals surface area contributed by atoms with Gasteiger partial charge >= 0.3 is 0 Å². The third kappa shape index (κ3) is 7.30. The highest BCUT2D eigenvalue weighted by molar-refractivity contribution is 7.89. The molecule has 0 aromatic heterocycles. The summed E-state index contributed by atoms with van der Waals surface area (Å²) < 4.78 is 26.8. The van der Waals surface area contributed by atoms with Crippen LogP contribution in [0.1, 0.15) is 37.0 Å². The van der Waals surface area contributed by atoms with Crippen LogP contribution in [0.3, 0.4) is 0 Å². The molecule has 0 saturated heterocycles. The van der Waals surface area contributed by atoms with E-state index in [9.17, 15) is 13.2 Å². The molecule has 0 aliphatic carbocycles. The minimum absolute atomic E-state index is 0. The lowest BCUT2D eigenvalue weighted by Crippen LogP contribution is -2.32. The molecule has 1 rings (SSSR count). The van der Waals surface area contributed by atoms with Crippen molar-refractivity contribution in [3.63, 3.8) is 0 Å². The highest BCUT2D eigenvalue weighted by atomic mass is 35.5. The number of carbonyl (C=O) groups is 1. The Kier molecular flexibility index (Phi) is 10.1. The molecule has 1 unspecified atom stereocenters. The van der Waals surface area contributed by atoms with Crippen molar-refractivity contribution in [2.24, 2.45) is 0 Å². The van der Waals surface area contributed by atoms with Gasteiger partial charge < -0.3 is 10.6 Å². The summed E-state index contributed by atoms with van der Waals surface area (Å²) in [6.45, 7) is 5.13. The molecule has 0 spiro atoms. The quantitative estimate of drug-likeness (QED) is 0.580. The second-order valence-corrected chi connectivity index (χ2v) is 6.88. The predicted octanol–water partition coefficient (Wildman–Crippen LogP) is 1.52. The molecule has 0 fully saturated rings. The molecule has 1 amide bonds. The van der Waals surface area contributed by atoms with E-state index in [0.29, 0.717) is 18.5 Å². The van der Waals surface area contributed by atoms with E-state index in [1.807, 2.05) is 20.9 Å². The fourth-order valence-corrected chi connectivity index (χ4v) is 3.10. The maximum Gasteiger partial charge on any atom is 0.251 e. The van der Waals surface area contributed by atoms with Crippen LogP contribution in [-0.4, -0.2) is 40.5 Å². The smallest absolute Gasteiger partial charge is 0.251 e. The summed E-state index contributed by atoms with van der Waals surface area (Å²) in [5, 5.41) is 5.79. The van der Waals surface area contributed by atoms with Crippen LogP contribution in [0.2, 0.25) is 0 Å². The summed E-state index contributed by atoms with van der Waals surface area (Å²) >= 11 is 0. The summed E-state index contributed by atoms with van der Waals surface area (Å²) in [6, 6.07) is 5.83. The van der Waals surface area contributed by atoms with E-state index >= 15 is 0 Å². The van der Waals surface area contributed by atoms with Gasteiger partial charge in [-0.3, -0.25) is 4.79 Å². The zero-order valence-corrected chi connectivity index (χ0v) is 15.4. The average Bonchev–Trinajstić information content (AvgIpc) is 2.51. The topological polar surface area (TPSA) is 87.3 Å². The SMILES string of the molecule is CCC(C)NS(=O)(=O)c1ccc(C(=O)NCCCNC)cc1.Cl. The molecular formula is C15H26ClN3O3S. The van der Waals surface area contributed by atoms with Crippen molar-refractivity contribution in [3.8, 4) is 0 Å². The van der Waals surface area contributed by atoms with Gasteiger partial charge in [0.25, 0.3) is 5.91 Å². The van der Waals surface area contributed by atoms with E-state index in [2.05, 4.69) is 15.4 Å². The maximum atomic E-state index is 12.1. The molecule has 3 N–H and O–H groups in total. The Morgan fingerprint density at radius 1 is 1.17 bits per heavy atom. The monoisotopic (exact) mass is 363 g/mol. The largest absolute Gasteiger partial charge is 0.352 e. The first kappa shape index (κ1) is 21.9. The molecule has 0 aliphatic rings. The summed E-state index contributed by atoms with van der Waals surface area (Å²) in [7, 11) is -1.67. The van der Waals surface area contributed by atoms with Crippen molar-refractivity contribution < 1.29 is 13.2 Å². The Labute approximate surface area is 144 Å². The van der Waals surface area contributed by atoms with Gasteiger partial charge in [0.1, 0.15) is 0 Å². The normalized spacial score (nSPS) is 12.3. The van der Waals surface area contributed by atoms with E-state index in [1.165, 1.54) is 24.3 Å². The number of halogens is 1. The number of amides is 1. The first-order valence-electron chi connectivity index (χ1n) is 7.46. The zero-order chi connectivity index (χ0) is 16.6. The average molecular weight is 364 g/mol. The lowest BCUT2D eigenvalue weighted by molar-refractivity contribution is 0.0953. The van der Waals surface area contributed by atoms with Crippen molar-refractivity contribution in [3.05, 3.63) is 29.8 Å². The molecule has 8 heteroatoms. The van der Waals surface area contributed by atoms with Crippen LogP contribution in [0, 0.1) is 0 Å². The number of hydrogen-bond acceptors (Lipinski definition) is 4. The van der Waals surface area contributed by atoms with Gasteiger partial charge in [-0.25, -0.2) is 13.1 Å². The van der Waals surface area contributed by atoms with E-state index in [4.69, 9.17) is 0 Å². The second-order valence-electron chi connectivity index (χ2n) is 5.17. The number of rotatable bonds is 9. The van der Waals surface area contributed by atoms with Gasteiger partial charge in [0.2, 0.25) is 10.0 Å². The molecule has 0 bridgehead atoms. The predicted molar refractivity (Wildman–Crippen MR) is 94.6 cm³/mol. The number of hydrogen-bond donors (Lipinski definition) is 3. The van der Waals surface area contributed by atoms with Crippen LogP contribution in [0.15, 0.2) is 29.2 Å². The van der Waals surface area contributed by atoms with E-state index < -0.39 is 10.0 Å². The van der Waals surface area contributed by atoms with Gasteiger partial charge in [0.05, 0.1) is 4.90 Å². The minimum Gasteiger partial charge on any atom is -0.352 e. The van der Waals surface area contributed by atoms with Crippen LogP contribution in [0.4, 0.5) is 0 Å². The fraction of sp³-hybridized carbons (Fsp3) is 0.533. The lowest BCUT2D eigenvalue weighted by Gasteiger charge is -2.12. The van der Waals surface area contributed by atoms with Crippen LogP contribution < -0.4 is 15.4 Å². The third-order valence-corrected chi connectivity index (χ3v) is 4.89. The summed E-state index contributed by atoms with van der Waals surface area (Å²) in [5.41, 5.74) is 0.451. The molecule has 0 radical (unpaired) electrons. The highest BCUT2D eigenvalue weighted by Gasteiger charge is 2.16. The number of carbonyl (C=O) groups excluding carboxylic acids is 1. The van der Waals surface area contributed by atoms with Crippen molar-refractivity contribution >= 4 is 28.3 Å². The lowest BCUT2D eigenvalue weighted by atomic mass is 10.2. The van der Waals surface area contributed by atoms with Gasteiger partial charge in [-0.1, -0.05) is 6.92 Å².